The second-order valence-corrected chi connectivity index (χ2v) is 6.12. The molecular weight excluding hydrogens is 406 g/mol. The fourth-order valence-electron chi connectivity index (χ4n) is 2.62. The summed E-state index contributed by atoms with van der Waals surface area (Å²) in [6.45, 7) is 0.937. The van der Waals surface area contributed by atoms with Gasteiger partial charge in [0.25, 0.3) is 12.9 Å². The normalized spacial score (nSPS) is 12.4. The van der Waals surface area contributed by atoms with Gasteiger partial charge in [-0.05, 0) is 25.1 Å². The number of carbonyl (C=O) groups is 1. The number of amides is 1. The van der Waals surface area contributed by atoms with Crippen LogP contribution >= 0.6 is 11.6 Å². The molecular formula is C17H18ClF4N3O3. The van der Waals surface area contributed by atoms with E-state index in [-0.39, 0.29) is 0 Å². The van der Waals surface area contributed by atoms with Crippen LogP contribution in [0.2, 0.25) is 5.02 Å². The van der Waals surface area contributed by atoms with E-state index in [9.17, 15) is 22.4 Å². The van der Waals surface area contributed by atoms with Gasteiger partial charge < -0.3 is 14.8 Å². The van der Waals surface area contributed by atoms with E-state index in [0.717, 1.165) is 0 Å². The molecule has 0 saturated carbocycles. The van der Waals surface area contributed by atoms with Crippen LogP contribution < -0.4 is 14.8 Å². The molecule has 6 nitrogen and oxygen atoms in total. The summed E-state index contributed by atoms with van der Waals surface area (Å²) in [5, 5.41) is 5.10. The van der Waals surface area contributed by atoms with Crippen LogP contribution in [0.5, 0.6) is 11.5 Å². The quantitative estimate of drug-likeness (QED) is 0.643. The number of benzene rings is 1. The molecule has 28 heavy (non-hydrogen) atoms. The number of hydrogen-bond acceptors (Lipinski definition) is 4. The number of ether oxygens (including phenoxy) is 2. The molecule has 0 aliphatic rings. The lowest BCUT2D eigenvalue weighted by Gasteiger charge is -2.18. The summed E-state index contributed by atoms with van der Waals surface area (Å²) in [5.41, 5.74) is -1.35. The van der Waals surface area contributed by atoms with Crippen LogP contribution in [0.3, 0.4) is 0 Å². The van der Waals surface area contributed by atoms with Crippen molar-refractivity contribution in [3.05, 3.63) is 40.2 Å². The topological polar surface area (TPSA) is 65.4 Å². The maximum absolute atomic E-state index is 13.2. The fourth-order valence-corrected chi connectivity index (χ4v) is 2.92. The number of nitrogens with zero attached hydrogens (tertiary/aromatic N) is 2. The molecule has 11 heteroatoms. The highest BCUT2D eigenvalue weighted by Crippen LogP contribution is 2.34. The van der Waals surface area contributed by atoms with Crippen molar-refractivity contribution >= 4 is 17.5 Å². The standard InChI is InChI=1S/C17H18ClF4N3O3/c1-8(10-6-9(27-2)4-5-11(10)28-3)23-12(26)7-25-15(17(21)22)13(18)14(24-25)16(19)20/h4-6,8,16-17H,7H2,1-3H3,(H,23,26). The zero-order valence-electron chi connectivity index (χ0n) is 15.2. The minimum atomic E-state index is -3.17. The van der Waals surface area contributed by atoms with Crippen LogP contribution in [0.25, 0.3) is 0 Å². The summed E-state index contributed by atoms with van der Waals surface area (Å²) in [5.74, 6) is 0.278. The van der Waals surface area contributed by atoms with Crippen molar-refractivity contribution in [2.24, 2.45) is 0 Å². The van der Waals surface area contributed by atoms with E-state index >= 15 is 0 Å². The van der Waals surface area contributed by atoms with E-state index in [1.54, 1.807) is 25.1 Å². The third kappa shape index (κ3) is 4.67. The molecule has 0 aliphatic carbocycles. The minimum absolute atomic E-state index is 0.476. The first-order valence-corrected chi connectivity index (χ1v) is 8.41. The van der Waals surface area contributed by atoms with Gasteiger partial charge in [0.05, 0.1) is 25.3 Å². The van der Waals surface area contributed by atoms with Crippen molar-refractivity contribution in [2.45, 2.75) is 32.4 Å². The Kier molecular flexibility index (Phi) is 7.11. The van der Waals surface area contributed by atoms with Crippen LogP contribution in [-0.2, 0) is 11.3 Å². The van der Waals surface area contributed by atoms with E-state index in [4.69, 9.17) is 21.1 Å². The van der Waals surface area contributed by atoms with Gasteiger partial charge in [0.1, 0.15) is 29.4 Å². The first-order valence-electron chi connectivity index (χ1n) is 8.03. The monoisotopic (exact) mass is 423 g/mol. The first-order chi connectivity index (χ1) is 13.2. The van der Waals surface area contributed by atoms with Crippen LogP contribution in [0.4, 0.5) is 17.6 Å². The minimum Gasteiger partial charge on any atom is -0.497 e. The molecule has 0 spiro atoms. The zero-order valence-corrected chi connectivity index (χ0v) is 15.9. The molecule has 1 amide bonds. The van der Waals surface area contributed by atoms with E-state index < -0.39 is 47.8 Å². The molecule has 2 rings (SSSR count). The van der Waals surface area contributed by atoms with Crippen molar-refractivity contribution in [1.82, 2.24) is 15.1 Å². The molecule has 1 N–H and O–H groups in total. The molecule has 1 aromatic carbocycles. The van der Waals surface area contributed by atoms with Gasteiger partial charge in [-0.1, -0.05) is 11.6 Å². The van der Waals surface area contributed by atoms with E-state index in [1.807, 2.05) is 0 Å². The Hall–Kier alpha value is -2.49. The Bertz CT molecular complexity index is 845. The third-order valence-electron chi connectivity index (χ3n) is 3.94. The molecule has 1 unspecified atom stereocenters. The average Bonchev–Trinajstić information content (AvgIpc) is 2.97. The Morgan fingerprint density at radius 3 is 2.43 bits per heavy atom. The second kappa shape index (κ2) is 9.13. The van der Waals surface area contributed by atoms with Gasteiger partial charge in [0.15, 0.2) is 0 Å². The SMILES string of the molecule is COc1ccc(OC)c(C(C)NC(=O)Cn2nc(C(F)F)c(Cl)c2C(F)F)c1. The molecule has 154 valence electrons. The summed E-state index contributed by atoms with van der Waals surface area (Å²) in [6, 6.07) is 4.37. The van der Waals surface area contributed by atoms with Gasteiger partial charge in [0, 0.05) is 5.56 Å². The van der Waals surface area contributed by atoms with Crippen LogP contribution in [0.15, 0.2) is 18.2 Å². The highest BCUT2D eigenvalue weighted by Gasteiger charge is 2.29. The first kappa shape index (κ1) is 21.8. The molecule has 0 fully saturated rings. The molecule has 1 heterocycles. The maximum atomic E-state index is 13.2. The van der Waals surface area contributed by atoms with Gasteiger partial charge >= 0.3 is 0 Å². The lowest BCUT2D eigenvalue weighted by atomic mass is 10.1. The predicted octanol–water partition coefficient (Wildman–Crippen LogP) is 4.31. The highest BCUT2D eigenvalue weighted by atomic mass is 35.5. The molecule has 1 aromatic heterocycles. The van der Waals surface area contributed by atoms with Gasteiger partial charge in [0.2, 0.25) is 5.91 Å². The van der Waals surface area contributed by atoms with Gasteiger partial charge in [-0.25, -0.2) is 17.6 Å². The van der Waals surface area contributed by atoms with Crippen LogP contribution in [-0.4, -0.2) is 29.9 Å². The van der Waals surface area contributed by atoms with Gasteiger partial charge in [-0.2, -0.15) is 5.10 Å². The smallest absolute Gasteiger partial charge is 0.283 e. The van der Waals surface area contributed by atoms with E-state index in [2.05, 4.69) is 10.4 Å². The predicted molar refractivity (Wildman–Crippen MR) is 93.3 cm³/mol. The molecule has 1 atom stereocenters. The average molecular weight is 424 g/mol. The number of rotatable bonds is 8. The van der Waals surface area contributed by atoms with Crippen molar-refractivity contribution in [1.29, 1.82) is 0 Å². The van der Waals surface area contributed by atoms with Crippen molar-refractivity contribution in [2.75, 3.05) is 14.2 Å². The molecule has 0 aliphatic heterocycles. The lowest BCUT2D eigenvalue weighted by Crippen LogP contribution is -2.31. The summed E-state index contributed by atoms with van der Waals surface area (Å²) in [7, 11) is 2.93. The van der Waals surface area contributed by atoms with Crippen LogP contribution in [0, 0.1) is 0 Å². The Morgan fingerprint density at radius 1 is 1.21 bits per heavy atom. The number of alkyl halides is 4. The van der Waals surface area contributed by atoms with E-state index in [1.165, 1.54) is 14.2 Å². The number of methoxy groups -OCH3 is 2. The largest absolute Gasteiger partial charge is 0.497 e. The van der Waals surface area contributed by atoms with Crippen molar-refractivity contribution in [3.8, 4) is 11.5 Å². The third-order valence-corrected chi connectivity index (χ3v) is 4.33. The molecule has 0 radical (unpaired) electrons. The number of carbonyl (C=O) groups excluding carboxylic acids is 1. The lowest BCUT2D eigenvalue weighted by molar-refractivity contribution is -0.122. The van der Waals surface area contributed by atoms with Gasteiger partial charge in [-0.3, -0.25) is 9.48 Å². The Balaban J connectivity index is 2.22. The Morgan fingerprint density at radius 2 is 1.89 bits per heavy atom. The van der Waals surface area contributed by atoms with Gasteiger partial charge in [-0.15, -0.1) is 0 Å². The molecule has 0 saturated heterocycles. The summed E-state index contributed by atoms with van der Waals surface area (Å²) >= 11 is 5.57. The summed E-state index contributed by atoms with van der Waals surface area (Å²) < 4.78 is 63.0. The Labute approximate surface area is 163 Å². The number of hydrogen-bond donors (Lipinski definition) is 1. The van der Waals surface area contributed by atoms with E-state index in [0.29, 0.717) is 21.7 Å². The van der Waals surface area contributed by atoms with Crippen LogP contribution in [0.1, 0.15) is 42.8 Å². The molecule has 0 bridgehead atoms. The summed E-state index contributed by atoms with van der Waals surface area (Å²) in [4.78, 5) is 12.3. The maximum Gasteiger partial charge on any atom is 0.283 e. The molecule has 2 aromatic rings. The van der Waals surface area contributed by atoms with Crippen molar-refractivity contribution < 1.29 is 31.8 Å². The summed E-state index contributed by atoms with van der Waals surface area (Å²) in [6.07, 6.45) is -6.31. The fraction of sp³-hybridized carbons (Fsp3) is 0.412. The second-order valence-electron chi connectivity index (χ2n) is 5.74. The highest BCUT2D eigenvalue weighted by molar-refractivity contribution is 6.32. The zero-order chi connectivity index (χ0) is 21.0. The van der Waals surface area contributed by atoms with Crippen molar-refractivity contribution in [3.63, 3.8) is 0 Å². The number of halogens is 5. The number of nitrogens with one attached hydrogen (secondary N) is 1. The number of aromatic nitrogens is 2.